The van der Waals surface area contributed by atoms with Gasteiger partial charge in [0.15, 0.2) is 0 Å². The first kappa shape index (κ1) is 19.7. The minimum atomic E-state index is -0.519. The Hall–Kier alpha value is -2.64. The third kappa shape index (κ3) is 5.18. The number of halogens is 1. The number of amides is 2. The van der Waals surface area contributed by atoms with Gasteiger partial charge in [-0.05, 0) is 50.2 Å². The second kappa shape index (κ2) is 9.17. The van der Waals surface area contributed by atoms with E-state index in [1.807, 2.05) is 0 Å². The topological polar surface area (TPSA) is 106 Å². The van der Waals surface area contributed by atoms with Gasteiger partial charge >= 0.3 is 0 Å². The van der Waals surface area contributed by atoms with Crippen LogP contribution in [-0.2, 0) is 4.79 Å². The molecule has 26 heavy (non-hydrogen) atoms. The summed E-state index contributed by atoms with van der Waals surface area (Å²) in [5.74, 6) is 0.367. The van der Waals surface area contributed by atoms with Crippen LogP contribution in [0.2, 0.25) is 0 Å². The smallest absolute Gasteiger partial charge is 0.248 e. The molecule has 0 spiro atoms. The van der Waals surface area contributed by atoms with Gasteiger partial charge in [0, 0.05) is 17.5 Å². The number of rotatable bonds is 5. The van der Waals surface area contributed by atoms with Crippen molar-refractivity contribution in [1.29, 1.82) is 0 Å². The zero-order valence-electron chi connectivity index (χ0n) is 14.1. The Labute approximate surface area is 157 Å². The molecule has 8 heteroatoms. The maximum atomic E-state index is 12.2. The van der Waals surface area contributed by atoms with E-state index in [1.54, 1.807) is 42.6 Å². The zero-order chi connectivity index (χ0) is 17.6. The van der Waals surface area contributed by atoms with Crippen molar-refractivity contribution >= 4 is 29.9 Å². The molecule has 3 rings (SSSR count). The minimum absolute atomic E-state index is 0. The van der Waals surface area contributed by atoms with Crippen molar-refractivity contribution in [3.8, 4) is 11.6 Å². The first-order chi connectivity index (χ1) is 12.1. The first-order valence-electron chi connectivity index (χ1n) is 8.17. The molecule has 4 N–H and O–H groups in total. The van der Waals surface area contributed by atoms with Gasteiger partial charge in [-0.3, -0.25) is 9.59 Å². The molecule has 0 aliphatic carbocycles. The molecule has 0 radical (unpaired) electrons. The highest BCUT2D eigenvalue weighted by Crippen LogP contribution is 2.22. The molecule has 1 aliphatic rings. The normalized spacial score (nSPS) is 14.2. The van der Waals surface area contributed by atoms with Crippen LogP contribution >= 0.6 is 12.4 Å². The Kier molecular flexibility index (Phi) is 6.94. The van der Waals surface area contributed by atoms with Crippen molar-refractivity contribution < 1.29 is 14.3 Å². The quantitative estimate of drug-likeness (QED) is 0.742. The molecule has 7 nitrogen and oxygen atoms in total. The van der Waals surface area contributed by atoms with Gasteiger partial charge in [-0.15, -0.1) is 12.4 Å². The number of anilines is 1. The van der Waals surface area contributed by atoms with Crippen molar-refractivity contribution in [1.82, 2.24) is 10.3 Å². The third-order valence-corrected chi connectivity index (χ3v) is 4.05. The molecule has 138 valence electrons. The van der Waals surface area contributed by atoms with Crippen LogP contribution in [0.5, 0.6) is 11.6 Å². The highest BCUT2D eigenvalue weighted by molar-refractivity contribution is 5.93. The predicted molar refractivity (Wildman–Crippen MR) is 101 cm³/mol. The summed E-state index contributed by atoms with van der Waals surface area (Å²) in [6.07, 6.45) is 3.24. The highest BCUT2D eigenvalue weighted by Gasteiger charge is 2.20. The summed E-state index contributed by atoms with van der Waals surface area (Å²) >= 11 is 0. The lowest BCUT2D eigenvalue weighted by molar-refractivity contribution is -0.120. The fourth-order valence-electron chi connectivity index (χ4n) is 2.68. The van der Waals surface area contributed by atoms with Crippen LogP contribution in [0, 0.1) is 5.92 Å². The van der Waals surface area contributed by atoms with Gasteiger partial charge in [0.1, 0.15) is 5.75 Å². The second-order valence-electron chi connectivity index (χ2n) is 5.89. The lowest BCUT2D eigenvalue weighted by atomic mass is 9.97. The predicted octanol–water partition coefficient (Wildman–Crippen LogP) is 2.33. The van der Waals surface area contributed by atoms with Gasteiger partial charge in [-0.2, -0.15) is 0 Å². The molecule has 1 aliphatic heterocycles. The monoisotopic (exact) mass is 376 g/mol. The van der Waals surface area contributed by atoms with Gasteiger partial charge in [0.05, 0.1) is 11.9 Å². The molecule has 1 aromatic heterocycles. The average molecular weight is 377 g/mol. The van der Waals surface area contributed by atoms with Crippen LogP contribution in [0.4, 0.5) is 5.69 Å². The van der Waals surface area contributed by atoms with E-state index in [0.29, 0.717) is 22.9 Å². The number of primary amides is 1. The Morgan fingerprint density at radius 2 is 1.96 bits per heavy atom. The fourth-order valence-corrected chi connectivity index (χ4v) is 2.68. The van der Waals surface area contributed by atoms with Gasteiger partial charge in [-0.25, -0.2) is 4.98 Å². The minimum Gasteiger partial charge on any atom is -0.439 e. The van der Waals surface area contributed by atoms with E-state index in [9.17, 15) is 9.59 Å². The van der Waals surface area contributed by atoms with Crippen LogP contribution < -0.4 is 21.1 Å². The van der Waals surface area contributed by atoms with E-state index in [4.69, 9.17) is 10.5 Å². The van der Waals surface area contributed by atoms with Crippen molar-refractivity contribution in [2.75, 3.05) is 18.4 Å². The van der Waals surface area contributed by atoms with Crippen molar-refractivity contribution in [2.24, 2.45) is 11.7 Å². The molecule has 0 atom stereocenters. The Balaban J connectivity index is 0.00000243. The molecule has 1 aromatic carbocycles. The molecule has 2 aromatic rings. The molecule has 1 fully saturated rings. The number of nitrogens with two attached hydrogens (primary N) is 1. The van der Waals surface area contributed by atoms with Crippen LogP contribution in [0.25, 0.3) is 0 Å². The van der Waals surface area contributed by atoms with E-state index in [0.717, 1.165) is 25.9 Å². The fraction of sp³-hybridized carbons (Fsp3) is 0.278. The largest absolute Gasteiger partial charge is 0.439 e. The van der Waals surface area contributed by atoms with Crippen molar-refractivity contribution in [2.45, 2.75) is 12.8 Å². The zero-order valence-corrected chi connectivity index (χ0v) is 14.9. The maximum Gasteiger partial charge on any atom is 0.248 e. The first-order valence-corrected chi connectivity index (χ1v) is 8.17. The number of pyridine rings is 1. The third-order valence-electron chi connectivity index (χ3n) is 4.05. The van der Waals surface area contributed by atoms with E-state index < -0.39 is 5.91 Å². The number of carbonyl (C=O) groups excluding carboxylic acids is 2. The van der Waals surface area contributed by atoms with Crippen molar-refractivity contribution in [3.63, 3.8) is 0 Å². The van der Waals surface area contributed by atoms with Crippen LogP contribution in [0.15, 0.2) is 42.6 Å². The molecule has 1 saturated heterocycles. The maximum absolute atomic E-state index is 12.2. The summed E-state index contributed by atoms with van der Waals surface area (Å²) in [4.78, 5) is 27.6. The molecule has 0 unspecified atom stereocenters. The van der Waals surface area contributed by atoms with Crippen molar-refractivity contribution in [3.05, 3.63) is 48.2 Å². The number of nitrogens with zero attached hydrogens (tertiary/aromatic N) is 1. The summed E-state index contributed by atoms with van der Waals surface area (Å²) in [7, 11) is 0. The summed E-state index contributed by atoms with van der Waals surface area (Å²) < 4.78 is 5.61. The molecule has 2 amide bonds. The number of nitrogens with one attached hydrogen (secondary N) is 2. The lowest BCUT2D eigenvalue weighted by Crippen LogP contribution is -2.34. The number of ether oxygens (including phenoxy) is 1. The van der Waals surface area contributed by atoms with Gasteiger partial charge in [-0.1, -0.05) is 6.07 Å². The molecule has 0 bridgehead atoms. The molecular weight excluding hydrogens is 356 g/mol. The summed E-state index contributed by atoms with van der Waals surface area (Å²) in [6, 6.07) is 9.96. The lowest BCUT2D eigenvalue weighted by Gasteiger charge is -2.21. The number of aromatic nitrogens is 1. The van der Waals surface area contributed by atoms with Crippen LogP contribution in [0.3, 0.4) is 0 Å². The summed E-state index contributed by atoms with van der Waals surface area (Å²) in [5, 5.41) is 6.12. The van der Waals surface area contributed by atoms with E-state index >= 15 is 0 Å². The number of carbonyl (C=O) groups is 2. The second-order valence-corrected chi connectivity index (χ2v) is 5.89. The van der Waals surface area contributed by atoms with E-state index in [1.165, 1.54) is 0 Å². The van der Waals surface area contributed by atoms with E-state index in [-0.39, 0.29) is 24.2 Å². The number of hydrogen-bond acceptors (Lipinski definition) is 5. The summed E-state index contributed by atoms with van der Waals surface area (Å²) in [6.45, 7) is 1.74. The van der Waals surface area contributed by atoms with Gasteiger partial charge < -0.3 is 21.1 Å². The Bertz CT molecular complexity index is 761. The van der Waals surface area contributed by atoms with Gasteiger partial charge in [0.2, 0.25) is 17.7 Å². The Morgan fingerprint density at radius 3 is 2.62 bits per heavy atom. The standard InChI is InChI=1S/C18H20N4O3.ClH/c19-17(23)13-2-1-3-15(10-13)25-16-5-4-14(11-21-16)22-18(24)12-6-8-20-9-7-12;/h1-5,10-12,20H,6-9H2,(H2,19,23)(H,22,24);1H. The average Bonchev–Trinajstić information content (AvgIpc) is 2.64. The number of piperidine rings is 1. The van der Waals surface area contributed by atoms with E-state index in [2.05, 4.69) is 15.6 Å². The van der Waals surface area contributed by atoms with Crippen LogP contribution in [0.1, 0.15) is 23.2 Å². The summed E-state index contributed by atoms with van der Waals surface area (Å²) in [5.41, 5.74) is 6.24. The molecule has 0 saturated carbocycles. The van der Waals surface area contributed by atoms with Gasteiger partial charge in [0.25, 0.3) is 0 Å². The number of hydrogen-bond donors (Lipinski definition) is 3. The molecular formula is C18H21ClN4O3. The highest BCUT2D eigenvalue weighted by atomic mass is 35.5. The molecule has 2 heterocycles. The Morgan fingerprint density at radius 1 is 1.19 bits per heavy atom. The number of benzene rings is 1. The van der Waals surface area contributed by atoms with Crippen LogP contribution in [-0.4, -0.2) is 29.9 Å². The SMILES string of the molecule is Cl.NC(=O)c1cccc(Oc2ccc(NC(=O)C3CCNCC3)cn2)c1.